The normalized spacial score (nSPS) is 20.5. The Morgan fingerprint density at radius 2 is 1.29 bits per heavy atom. The lowest BCUT2D eigenvalue weighted by molar-refractivity contribution is 0.637. The molecule has 0 aromatic heterocycles. The van der Waals surface area contributed by atoms with Crippen LogP contribution in [0.1, 0.15) is 39.9 Å². The van der Waals surface area contributed by atoms with E-state index < -0.39 is 21.8 Å². The molecule has 0 amide bonds. The van der Waals surface area contributed by atoms with E-state index in [1.54, 1.807) is 12.1 Å². The smallest absolute Gasteiger partial charge is 0.128 e. The summed E-state index contributed by atoms with van der Waals surface area (Å²) in [6, 6.07) is 32.4. The van der Waals surface area contributed by atoms with Crippen LogP contribution >= 0.6 is 0 Å². The van der Waals surface area contributed by atoms with Crippen LogP contribution in [0.25, 0.3) is 0 Å². The van der Waals surface area contributed by atoms with Crippen LogP contribution in [0.3, 0.4) is 0 Å². The van der Waals surface area contributed by atoms with Crippen LogP contribution in [-0.4, -0.2) is 12.7 Å². The van der Waals surface area contributed by atoms with E-state index in [9.17, 15) is 13.7 Å². The van der Waals surface area contributed by atoms with Crippen molar-refractivity contribution < 1.29 is 8.42 Å². The summed E-state index contributed by atoms with van der Waals surface area (Å²) in [6.45, 7) is 4.01. The molecule has 4 aromatic carbocycles. The van der Waals surface area contributed by atoms with Crippen molar-refractivity contribution in [1.82, 2.24) is 4.31 Å². The molecule has 4 nitrogen and oxygen atoms in total. The average molecular weight is 497 g/mol. The van der Waals surface area contributed by atoms with Crippen LogP contribution in [0.5, 0.6) is 0 Å². The summed E-state index contributed by atoms with van der Waals surface area (Å²) in [7, 11) is -2.77. The summed E-state index contributed by atoms with van der Waals surface area (Å²) in [5.74, 6) is 0. The predicted molar refractivity (Wildman–Crippen MR) is 138 cm³/mol. The summed E-state index contributed by atoms with van der Waals surface area (Å²) in [5, 5.41) is 9.20. The lowest BCUT2D eigenvalue weighted by atomic mass is 10.0. The highest BCUT2D eigenvalue weighted by molar-refractivity contribution is 7.85. The highest BCUT2D eigenvalue weighted by atomic mass is 32.2. The van der Waals surface area contributed by atoms with Crippen molar-refractivity contribution >= 4 is 21.8 Å². The van der Waals surface area contributed by atoms with E-state index >= 15 is 0 Å². The van der Waals surface area contributed by atoms with E-state index in [4.69, 9.17) is 0 Å². The minimum atomic E-state index is -1.40. The van der Waals surface area contributed by atoms with Gasteiger partial charge in [-0.05, 0) is 67.4 Å². The minimum Gasteiger partial charge on any atom is -0.249 e. The monoisotopic (exact) mass is 496 g/mol. The summed E-state index contributed by atoms with van der Waals surface area (Å²) in [4.78, 5) is 2.20. The molecule has 5 atom stereocenters. The van der Waals surface area contributed by atoms with Crippen molar-refractivity contribution in [2.24, 2.45) is 0 Å². The lowest BCUT2D eigenvalue weighted by Crippen LogP contribution is -2.06. The first kappa shape index (κ1) is 23.4. The third-order valence-electron chi connectivity index (χ3n) is 6.23. The van der Waals surface area contributed by atoms with Gasteiger partial charge in [-0.2, -0.15) is 5.26 Å². The molecule has 1 aliphatic heterocycles. The van der Waals surface area contributed by atoms with E-state index in [1.807, 2.05) is 103 Å². The van der Waals surface area contributed by atoms with Gasteiger partial charge in [-0.15, -0.1) is 0 Å². The SMILES string of the molecule is Cc1ccc([S@](=O)c2ccccc2[C@@H]2[C@@H](c3ccc(C#N)cc3)N2[S@@](=O)c2ccc(C)cc2)cc1. The van der Waals surface area contributed by atoms with Gasteiger partial charge in [0.05, 0.1) is 39.4 Å². The molecule has 5 rings (SSSR count). The van der Waals surface area contributed by atoms with E-state index in [0.29, 0.717) is 5.56 Å². The summed E-state index contributed by atoms with van der Waals surface area (Å²) >= 11 is 0. The van der Waals surface area contributed by atoms with Crippen molar-refractivity contribution in [2.45, 2.75) is 40.6 Å². The molecule has 1 unspecified atom stereocenters. The summed E-state index contributed by atoms with van der Waals surface area (Å²) in [6.07, 6.45) is 0. The van der Waals surface area contributed by atoms with Crippen LogP contribution in [0.15, 0.2) is 112 Å². The number of nitrogens with zero attached hydrogens (tertiary/aromatic N) is 2. The third kappa shape index (κ3) is 4.63. The minimum absolute atomic E-state index is 0.152. The molecule has 1 aliphatic rings. The van der Waals surface area contributed by atoms with Crippen LogP contribution in [0.4, 0.5) is 0 Å². The molecular weight excluding hydrogens is 472 g/mol. The molecule has 0 aliphatic carbocycles. The Morgan fingerprint density at radius 3 is 1.89 bits per heavy atom. The molecule has 1 heterocycles. The van der Waals surface area contributed by atoms with Gasteiger partial charge in [0.15, 0.2) is 0 Å². The van der Waals surface area contributed by atoms with Crippen molar-refractivity contribution in [1.29, 1.82) is 5.26 Å². The van der Waals surface area contributed by atoms with Crippen LogP contribution in [0.2, 0.25) is 0 Å². The van der Waals surface area contributed by atoms with Gasteiger partial charge < -0.3 is 0 Å². The number of aryl methyl sites for hydroxylation is 2. The Morgan fingerprint density at radius 1 is 0.714 bits per heavy atom. The number of benzene rings is 4. The Bertz CT molecular complexity index is 1460. The van der Waals surface area contributed by atoms with Gasteiger partial charge in [-0.25, -0.2) is 12.7 Å². The van der Waals surface area contributed by atoms with Gasteiger partial charge in [0.1, 0.15) is 11.0 Å². The molecule has 4 aromatic rings. The first-order chi connectivity index (χ1) is 17.0. The Hall–Kier alpha value is -3.37. The first-order valence-corrected chi connectivity index (χ1v) is 13.6. The Kier molecular flexibility index (Phi) is 6.48. The fourth-order valence-electron chi connectivity index (χ4n) is 4.27. The van der Waals surface area contributed by atoms with E-state index in [-0.39, 0.29) is 12.1 Å². The molecular formula is C29H24N2O2S2. The summed E-state index contributed by atoms with van der Waals surface area (Å²) < 4.78 is 29.3. The molecule has 1 fully saturated rings. The predicted octanol–water partition coefficient (Wildman–Crippen LogP) is 6.16. The van der Waals surface area contributed by atoms with Gasteiger partial charge in [0.25, 0.3) is 0 Å². The Balaban J connectivity index is 1.56. The molecule has 174 valence electrons. The maximum atomic E-state index is 13.7. The second kappa shape index (κ2) is 9.71. The highest BCUT2D eigenvalue weighted by Crippen LogP contribution is 2.57. The molecule has 0 bridgehead atoms. The largest absolute Gasteiger partial charge is 0.249 e. The lowest BCUT2D eigenvalue weighted by Gasteiger charge is -2.10. The highest BCUT2D eigenvalue weighted by Gasteiger charge is 2.54. The molecule has 0 N–H and O–H groups in total. The van der Waals surface area contributed by atoms with Crippen LogP contribution in [-0.2, 0) is 21.8 Å². The van der Waals surface area contributed by atoms with Gasteiger partial charge in [-0.3, -0.25) is 0 Å². The molecule has 6 heteroatoms. The molecule has 0 radical (unpaired) electrons. The van der Waals surface area contributed by atoms with Crippen molar-refractivity contribution in [3.63, 3.8) is 0 Å². The fraction of sp³-hybridized carbons (Fsp3) is 0.138. The molecule has 1 saturated heterocycles. The quantitative estimate of drug-likeness (QED) is 0.300. The second-order valence-corrected chi connectivity index (χ2v) is 11.5. The third-order valence-corrected chi connectivity index (χ3v) is 9.21. The zero-order chi connectivity index (χ0) is 24.5. The van der Waals surface area contributed by atoms with Crippen molar-refractivity contribution in [2.75, 3.05) is 0 Å². The molecule has 0 saturated carbocycles. The van der Waals surface area contributed by atoms with Crippen molar-refractivity contribution in [3.05, 3.63) is 125 Å². The number of rotatable bonds is 6. The van der Waals surface area contributed by atoms with Gasteiger partial charge in [0, 0.05) is 9.79 Å². The maximum Gasteiger partial charge on any atom is 0.128 e. The molecule has 35 heavy (non-hydrogen) atoms. The maximum absolute atomic E-state index is 13.7. The van der Waals surface area contributed by atoms with E-state index in [2.05, 4.69) is 6.07 Å². The summed E-state index contributed by atoms with van der Waals surface area (Å²) in [5.41, 5.74) is 4.68. The van der Waals surface area contributed by atoms with E-state index in [1.165, 1.54) is 0 Å². The number of nitriles is 1. The van der Waals surface area contributed by atoms with Crippen molar-refractivity contribution in [3.8, 4) is 6.07 Å². The number of hydrogen-bond donors (Lipinski definition) is 0. The number of hydrogen-bond acceptors (Lipinski definition) is 3. The van der Waals surface area contributed by atoms with Gasteiger partial charge in [-0.1, -0.05) is 65.7 Å². The van der Waals surface area contributed by atoms with Crippen LogP contribution in [0, 0.1) is 25.2 Å². The zero-order valence-electron chi connectivity index (χ0n) is 19.4. The van der Waals surface area contributed by atoms with Crippen LogP contribution < -0.4 is 0 Å². The molecule has 0 spiro atoms. The second-order valence-electron chi connectivity index (χ2n) is 8.67. The fourth-order valence-corrected chi connectivity index (χ4v) is 6.95. The standard InChI is InChI=1S/C29H24N2O2S2/c1-20-7-15-24(16-8-20)34(32)27-6-4-3-5-26(27)29-28(23-13-11-22(19-30)12-14-23)31(29)35(33)25-17-9-21(2)10-18-25/h3-18,28-29H,1-2H3/t28-,29-,31?,34+,35+/m1/s1. The zero-order valence-corrected chi connectivity index (χ0v) is 21.1. The van der Waals surface area contributed by atoms with Gasteiger partial charge in [0.2, 0.25) is 0 Å². The van der Waals surface area contributed by atoms with E-state index in [0.717, 1.165) is 36.9 Å². The average Bonchev–Trinajstić information content (AvgIpc) is 3.64. The topological polar surface area (TPSA) is 60.9 Å². The Labute approximate surface area is 210 Å². The first-order valence-electron chi connectivity index (χ1n) is 11.3. The van der Waals surface area contributed by atoms with Gasteiger partial charge >= 0.3 is 0 Å².